The molecule has 0 saturated carbocycles. The fraction of sp³-hybridized carbons (Fsp3) is 0.0833. The third-order valence-corrected chi connectivity index (χ3v) is 5.50. The standard InChI is InChI=1S/C24H19Br2NO4/c25-19-13-17(14-20(26)22(19)31-12-11-16-7-3-1-4-8-16)15-21(24(29)30)27-23(28)18-9-5-2-6-10-18/h1-10,13-15H,11-12H2,(H,27,28)(H,29,30)/b21-15+. The van der Waals surface area contributed by atoms with Gasteiger partial charge >= 0.3 is 5.97 Å². The number of hydrogen-bond donors (Lipinski definition) is 2. The molecule has 0 aliphatic rings. The van der Waals surface area contributed by atoms with E-state index in [1.807, 2.05) is 30.3 Å². The van der Waals surface area contributed by atoms with Crippen LogP contribution in [-0.4, -0.2) is 23.6 Å². The number of carboxylic acid groups (broad SMARTS) is 1. The second-order valence-corrected chi connectivity index (χ2v) is 8.29. The van der Waals surface area contributed by atoms with Crippen molar-refractivity contribution < 1.29 is 19.4 Å². The molecule has 3 rings (SSSR count). The molecule has 7 heteroatoms. The van der Waals surface area contributed by atoms with E-state index in [0.717, 1.165) is 6.42 Å². The van der Waals surface area contributed by atoms with E-state index in [4.69, 9.17) is 4.74 Å². The van der Waals surface area contributed by atoms with Gasteiger partial charge in [0.1, 0.15) is 11.4 Å². The predicted molar refractivity (Wildman–Crippen MR) is 127 cm³/mol. The molecular formula is C24H19Br2NO4. The van der Waals surface area contributed by atoms with Crippen molar-refractivity contribution in [3.05, 3.63) is 104 Å². The Hall–Kier alpha value is -2.90. The summed E-state index contributed by atoms with van der Waals surface area (Å²) in [6.07, 6.45) is 2.16. The van der Waals surface area contributed by atoms with Crippen molar-refractivity contribution in [3.63, 3.8) is 0 Å². The average molecular weight is 545 g/mol. The number of rotatable bonds is 8. The van der Waals surface area contributed by atoms with Gasteiger partial charge in [0.05, 0.1) is 15.6 Å². The van der Waals surface area contributed by atoms with Gasteiger partial charge in [0.25, 0.3) is 5.91 Å². The van der Waals surface area contributed by atoms with Crippen molar-refractivity contribution in [1.82, 2.24) is 5.32 Å². The molecule has 0 aromatic heterocycles. The van der Waals surface area contributed by atoms with Crippen LogP contribution in [0.1, 0.15) is 21.5 Å². The zero-order chi connectivity index (χ0) is 22.2. The maximum Gasteiger partial charge on any atom is 0.352 e. The highest BCUT2D eigenvalue weighted by atomic mass is 79.9. The Labute approximate surface area is 197 Å². The Bertz CT molecular complexity index is 1080. The van der Waals surface area contributed by atoms with Gasteiger partial charge in [0.15, 0.2) is 0 Å². The van der Waals surface area contributed by atoms with E-state index in [2.05, 4.69) is 37.2 Å². The summed E-state index contributed by atoms with van der Waals surface area (Å²) in [4.78, 5) is 24.0. The minimum atomic E-state index is -1.24. The molecule has 0 spiro atoms. The summed E-state index contributed by atoms with van der Waals surface area (Å²) in [5.74, 6) is -1.11. The smallest absolute Gasteiger partial charge is 0.352 e. The van der Waals surface area contributed by atoms with E-state index < -0.39 is 11.9 Å². The van der Waals surface area contributed by atoms with Crippen molar-refractivity contribution in [3.8, 4) is 5.75 Å². The largest absolute Gasteiger partial charge is 0.491 e. The summed E-state index contributed by atoms with van der Waals surface area (Å²) < 4.78 is 7.23. The van der Waals surface area contributed by atoms with Crippen molar-refractivity contribution in [2.45, 2.75) is 6.42 Å². The topological polar surface area (TPSA) is 75.6 Å². The Kier molecular flexibility index (Phi) is 8.03. The van der Waals surface area contributed by atoms with Crippen LogP contribution in [0.5, 0.6) is 5.75 Å². The summed E-state index contributed by atoms with van der Waals surface area (Å²) >= 11 is 6.96. The molecular weight excluding hydrogens is 526 g/mol. The van der Waals surface area contributed by atoms with E-state index >= 15 is 0 Å². The van der Waals surface area contributed by atoms with Crippen molar-refractivity contribution >= 4 is 49.8 Å². The molecule has 0 saturated heterocycles. The Balaban J connectivity index is 1.74. The van der Waals surface area contributed by atoms with Crippen LogP contribution in [0.25, 0.3) is 6.08 Å². The van der Waals surface area contributed by atoms with Gasteiger partial charge in [-0.25, -0.2) is 4.79 Å². The predicted octanol–water partition coefficient (Wildman–Crippen LogP) is 5.69. The molecule has 0 heterocycles. The van der Waals surface area contributed by atoms with Crippen LogP contribution in [0.2, 0.25) is 0 Å². The normalized spacial score (nSPS) is 11.1. The van der Waals surface area contributed by atoms with Crippen LogP contribution in [-0.2, 0) is 11.2 Å². The first-order chi connectivity index (χ1) is 14.9. The van der Waals surface area contributed by atoms with Gasteiger partial charge in [-0.2, -0.15) is 0 Å². The molecule has 0 fully saturated rings. The lowest BCUT2D eigenvalue weighted by Crippen LogP contribution is -2.27. The van der Waals surface area contributed by atoms with E-state index in [9.17, 15) is 14.7 Å². The van der Waals surface area contributed by atoms with Crippen LogP contribution < -0.4 is 10.1 Å². The molecule has 3 aromatic carbocycles. The number of aliphatic carboxylic acids is 1. The minimum Gasteiger partial charge on any atom is -0.491 e. The van der Waals surface area contributed by atoms with Crippen LogP contribution in [0.3, 0.4) is 0 Å². The molecule has 0 atom stereocenters. The molecule has 0 aliphatic carbocycles. The number of amides is 1. The molecule has 0 radical (unpaired) electrons. The Morgan fingerprint density at radius 1 is 0.935 bits per heavy atom. The third kappa shape index (κ3) is 6.54. The molecule has 0 unspecified atom stereocenters. The first-order valence-corrected chi connectivity index (χ1v) is 11.0. The second-order valence-electron chi connectivity index (χ2n) is 6.58. The summed E-state index contributed by atoms with van der Waals surface area (Å²) in [5, 5.41) is 12.0. The minimum absolute atomic E-state index is 0.231. The summed E-state index contributed by atoms with van der Waals surface area (Å²) in [6.45, 7) is 0.490. The van der Waals surface area contributed by atoms with E-state index in [1.165, 1.54) is 11.6 Å². The maximum atomic E-state index is 12.3. The van der Waals surface area contributed by atoms with Gasteiger partial charge in [0, 0.05) is 12.0 Å². The molecule has 158 valence electrons. The lowest BCUT2D eigenvalue weighted by atomic mass is 10.1. The van der Waals surface area contributed by atoms with E-state index in [0.29, 0.717) is 32.4 Å². The van der Waals surface area contributed by atoms with Crippen LogP contribution in [0, 0.1) is 0 Å². The number of halogens is 2. The Morgan fingerprint density at radius 3 is 2.10 bits per heavy atom. The van der Waals surface area contributed by atoms with Gasteiger partial charge in [-0.1, -0.05) is 48.5 Å². The number of benzene rings is 3. The molecule has 2 N–H and O–H groups in total. The number of nitrogens with one attached hydrogen (secondary N) is 1. The molecule has 0 bridgehead atoms. The molecule has 0 aliphatic heterocycles. The van der Waals surface area contributed by atoms with Crippen molar-refractivity contribution in [1.29, 1.82) is 0 Å². The number of carbonyl (C=O) groups is 2. The van der Waals surface area contributed by atoms with Crippen LogP contribution in [0.4, 0.5) is 0 Å². The Morgan fingerprint density at radius 2 is 1.52 bits per heavy atom. The summed E-state index contributed by atoms with van der Waals surface area (Å²) in [5.41, 5.74) is 1.90. The molecule has 3 aromatic rings. The average Bonchev–Trinajstić information content (AvgIpc) is 2.76. The van der Waals surface area contributed by atoms with E-state index in [1.54, 1.807) is 42.5 Å². The number of hydrogen-bond acceptors (Lipinski definition) is 3. The second kappa shape index (κ2) is 10.9. The lowest BCUT2D eigenvalue weighted by molar-refractivity contribution is -0.132. The first-order valence-electron chi connectivity index (χ1n) is 9.41. The van der Waals surface area contributed by atoms with Gasteiger partial charge in [-0.05, 0) is 73.3 Å². The quantitative estimate of drug-likeness (QED) is 0.357. The highest BCUT2D eigenvalue weighted by molar-refractivity contribution is 9.11. The van der Waals surface area contributed by atoms with Gasteiger partial charge < -0.3 is 15.2 Å². The fourth-order valence-corrected chi connectivity index (χ4v) is 4.27. The fourth-order valence-electron chi connectivity index (χ4n) is 2.82. The van der Waals surface area contributed by atoms with Gasteiger partial charge in [-0.3, -0.25) is 4.79 Å². The highest BCUT2D eigenvalue weighted by Crippen LogP contribution is 2.35. The number of ether oxygens (including phenoxy) is 1. The third-order valence-electron chi connectivity index (χ3n) is 4.33. The van der Waals surface area contributed by atoms with Crippen LogP contribution in [0.15, 0.2) is 87.4 Å². The van der Waals surface area contributed by atoms with Gasteiger partial charge in [-0.15, -0.1) is 0 Å². The maximum absolute atomic E-state index is 12.3. The SMILES string of the molecule is O=C(O)/C(=C\c1cc(Br)c(OCCc2ccccc2)c(Br)c1)NC(=O)c1ccccc1. The number of carboxylic acids is 1. The number of carbonyl (C=O) groups excluding carboxylic acids is 1. The zero-order valence-electron chi connectivity index (χ0n) is 16.3. The van der Waals surface area contributed by atoms with Gasteiger partial charge in [0.2, 0.25) is 0 Å². The van der Waals surface area contributed by atoms with Crippen molar-refractivity contribution in [2.24, 2.45) is 0 Å². The monoisotopic (exact) mass is 543 g/mol. The van der Waals surface area contributed by atoms with E-state index in [-0.39, 0.29) is 5.70 Å². The van der Waals surface area contributed by atoms with Crippen LogP contribution >= 0.6 is 31.9 Å². The molecule has 1 amide bonds. The highest BCUT2D eigenvalue weighted by Gasteiger charge is 2.15. The van der Waals surface area contributed by atoms with Crippen molar-refractivity contribution in [2.75, 3.05) is 6.61 Å². The summed E-state index contributed by atoms with van der Waals surface area (Å²) in [6, 6.07) is 21.9. The summed E-state index contributed by atoms with van der Waals surface area (Å²) in [7, 11) is 0. The molecule has 31 heavy (non-hydrogen) atoms. The lowest BCUT2D eigenvalue weighted by Gasteiger charge is -2.12. The first kappa shape index (κ1) is 22.8. The zero-order valence-corrected chi connectivity index (χ0v) is 19.5. The molecule has 5 nitrogen and oxygen atoms in total.